The average Bonchev–Trinajstić information content (AvgIpc) is 2.96. The van der Waals surface area contributed by atoms with Crippen LogP contribution in [0.3, 0.4) is 0 Å². The van der Waals surface area contributed by atoms with E-state index in [9.17, 15) is 9.18 Å². The van der Waals surface area contributed by atoms with E-state index in [1.54, 1.807) is 19.1 Å². The second-order valence-electron chi connectivity index (χ2n) is 7.99. The zero-order valence-corrected chi connectivity index (χ0v) is 17.7. The topological polar surface area (TPSA) is 57.7 Å². The van der Waals surface area contributed by atoms with Crippen LogP contribution in [-0.4, -0.2) is 36.2 Å². The molecule has 0 amide bonds. The van der Waals surface area contributed by atoms with Crippen LogP contribution in [0.5, 0.6) is 10.9 Å². The highest BCUT2D eigenvalue weighted by Gasteiger charge is 2.31. The van der Waals surface area contributed by atoms with Crippen LogP contribution in [0.4, 0.5) is 4.39 Å². The normalized spacial score (nSPS) is 20.2. The first-order chi connectivity index (χ1) is 13.3. The number of carbonyl (C=O) groups excluding carboxylic acids is 1. The number of aromatic nitrogens is 1. The second kappa shape index (κ2) is 9.18. The first-order valence-electron chi connectivity index (χ1n) is 9.81. The Morgan fingerprint density at radius 2 is 2.07 bits per heavy atom. The minimum Gasteiger partial charge on any atom is -0.490 e. The van der Waals surface area contributed by atoms with Crippen molar-refractivity contribution in [2.45, 2.75) is 59.2 Å². The molecule has 1 aliphatic carbocycles. The molecule has 7 heteroatoms. The summed E-state index contributed by atoms with van der Waals surface area (Å²) in [5, 5.41) is 0.471. The highest BCUT2D eigenvalue weighted by atomic mass is 32.1. The molecular formula is C21H28FNO4S. The van der Waals surface area contributed by atoms with Gasteiger partial charge < -0.3 is 19.0 Å². The first-order valence-corrected chi connectivity index (χ1v) is 10.6. The van der Waals surface area contributed by atoms with Gasteiger partial charge in [-0.2, -0.15) is 0 Å². The third-order valence-corrected chi connectivity index (χ3v) is 5.65. The summed E-state index contributed by atoms with van der Waals surface area (Å²) in [5.41, 5.74) is 0.585. The highest BCUT2D eigenvalue weighted by molar-refractivity contribution is 7.20. The number of ketones is 1. The van der Waals surface area contributed by atoms with Crippen molar-refractivity contribution in [2.75, 3.05) is 13.2 Å². The minimum atomic E-state index is -0.376. The van der Waals surface area contributed by atoms with E-state index in [2.05, 4.69) is 4.98 Å². The molecule has 2 aromatic rings. The van der Waals surface area contributed by atoms with E-state index >= 15 is 0 Å². The van der Waals surface area contributed by atoms with Crippen molar-refractivity contribution in [3.05, 3.63) is 17.9 Å². The number of fused-ring (bicyclic) bond motifs is 1. The molecule has 5 nitrogen and oxygen atoms in total. The van der Waals surface area contributed by atoms with Crippen molar-refractivity contribution in [3.8, 4) is 10.9 Å². The van der Waals surface area contributed by atoms with Crippen LogP contribution < -0.4 is 9.47 Å². The van der Waals surface area contributed by atoms with Gasteiger partial charge in [0.2, 0.25) is 0 Å². The number of benzene rings is 1. The molecule has 1 aromatic carbocycles. The predicted octanol–water partition coefficient (Wildman–Crippen LogP) is 5.01. The second-order valence-corrected chi connectivity index (χ2v) is 8.95. The van der Waals surface area contributed by atoms with E-state index in [-0.39, 0.29) is 35.5 Å². The number of halogens is 1. The van der Waals surface area contributed by atoms with Crippen LogP contribution in [-0.2, 0) is 9.53 Å². The summed E-state index contributed by atoms with van der Waals surface area (Å²) >= 11 is 1.20. The van der Waals surface area contributed by atoms with Gasteiger partial charge in [-0.05, 0) is 57.6 Å². The SMILES string of the molecule is CC(=O)C[C@@H](C)COC1CC(COc2ccc3nc(OC(C)C)sc3c2F)C1. The summed E-state index contributed by atoms with van der Waals surface area (Å²) in [4.78, 5) is 15.4. The predicted molar refractivity (Wildman–Crippen MR) is 108 cm³/mol. The zero-order chi connectivity index (χ0) is 20.3. The molecule has 1 aromatic heterocycles. The Bertz CT molecular complexity index is 816. The van der Waals surface area contributed by atoms with Crippen LogP contribution in [0.1, 0.15) is 47.0 Å². The molecule has 1 saturated carbocycles. The van der Waals surface area contributed by atoms with Crippen molar-refractivity contribution in [1.82, 2.24) is 4.98 Å². The van der Waals surface area contributed by atoms with Crippen molar-refractivity contribution >= 4 is 27.3 Å². The number of hydrogen-bond acceptors (Lipinski definition) is 6. The molecule has 28 heavy (non-hydrogen) atoms. The molecule has 0 radical (unpaired) electrons. The number of nitrogens with zero attached hydrogens (tertiary/aromatic N) is 1. The van der Waals surface area contributed by atoms with Crippen LogP contribution in [0.15, 0.2) is 12.1 Å². The number of carbonyl (C=O) groups is 1. The molecule has 1 fully saturated rings. The summed E-state index contributed by atoms with van der Waals surface area (Å²) in [6.07, 6.45) is 2.58. The Labute approximate surface area is 169 Å². The molecular weight excluding hydrogens is 381 g/mol. The maximum atomic E-state index is 14.7. The highest BCUT2D eigenvalue weighted by Crippen LogP contribution is 2.36. The molecule has 0 N–H and O–H groups in total. The Balaban J connectivity index is 1.46. The van der Waals surface area contributed by atoms with Gasteiger partial charge in [-0.1, -0.05) is 18.3 Å². The number of ether oxygens (including phenoxy) is 3. The van der Waals surface area contributed by atoms with E-state index in [4.69, 9.17) is 14.2 Å². The van der Waals surface area contributed by atoms with E-state index in [0.717, 1.165) is 12.8 Å². The van der Waals surface area contributed by atoms with Gasteiger partial charge in [0.15, 0.2) is 11.6 Å². The third-order valence-electron chi connectivity index (χ3n) is 4.70. The van der Waals surface area contributed by atoms with Gasteiger partial charge in [-0.3, -0.25) is 0 Å². The lowest BCUT2D eigenvalue weighted by Gasteiger charge is -2.35. The molecule has 0 aliphatic heterocycles. The molecule has 154 valence electrons. The summed E-state index contributed by atoms with van der Waals surface area (Å²) in [6.45, 7) is 8.53. The molecule has 0 bridgehead atoms. The molecule has 0 unspecified atom stereocenters. The lowest BCUT2D eigenvalue weighted by Crippen LogP contribution is -2.36. The Kier molecular flexibility index (Phi) is 6.88. The van der Waals surface area contributed by atoms with Gasteiger partial charge in [-0.15, -0.1) is 0 Å². The van der Waals surface area contributed by atoms with E-state index in [0.29, 0.717) is 41.0 Å². The lowest BCUT2D eigenvalue weighted by molar-refractivity contribution is -0.119. The fourth-order valence-electron chi connectivity index (χ4n) is 3.29. The number of hydrogen-bond donors (Lipinski definition) is 0. The van der Waals surface area contributed by atoms with Crippen molar-refractivity contribution in [1.29, 1.82) is 0 Å². The van der Waals surface area contributed by atoms with Gasteiger partial charge in [0.1, 0.15) is 5.78 Å². The van der Waals surface area contributed by atoms with Crippen LogP contribution >= 0.6 is 11.3 Å². The monoisotopic (exact) mass is 409 g/mol. The molecule has 0 spiro atoms. The molecule has 1 atom stereocenters. The van der Waals surface area contributed by atoms with Crippen molar-refractivity contribution in [2.24, 2.45) is 11.8 Å². The average molecular weight is 410 g/mol. The lowest BCUT2D eigenvalue weighted by atomic mass is 9.83. The fourth-order valence-corrected chi connectivity index (χ4v) is 4.26. The summed E-state index contributed by atoms with van der Waals surface area (Å²) < 4.78 is 32.3. The van der Waals surface area contributed by atoms with Gasteiger partial charge in [0, 0.05) is 13.0 Å². The molecule has 1 aliphatic rings. The smallest absolute Gasteiger partial charge is 0.274 e. The van der Waals surface area contributed by atoms with Gasteiger partial charge in [0.05, 0.1) is 29.0 Å². The van der Waals surface area contributed by atoms with Crippen LogP contribution in [0.25, 0.3) is 10.2 Å². The van der Waals surface area contributed by atoms with Gasteiger partial charge in [0.25, 0.3) is 5.19 Å². The summed E-state index contributed by atoms with van der Waals surface area (Å²) in [6, 6.07) is 3.40. The number of rotatable bonds is 10. The maximum absolute atomic E-state index is 14.7. The van der Waals surface area contributed by atoms with E-state index in [1.807, 2.05) is 20.8 Å². The van der Waals surface area contributed by atoms with Crippen molar-refractivity contribution in [3.63, 3.8) is 0 Å². The molecule has 1 heterocycles. The summed E-state index contributed by atoms with van der Waals surface area (Å²) in [7, 11) is 0. The van der Waals surface area contributed by atoms with E-state index in [1.165, 1.54) is 11.3 Å². The van der Waals surface area contributed by atoms with Crippen molar-refractivity contribution < 1.29 is 23.4 Å². The third kappa shape index (κ3) is 5.41. The largest absolute Gasteiger partial charge is 0.490 e. The van der Waals surface area contributed by atoms with Crippen LogP contribution in [0.2, 0.25) is 0 Å². The summed E-state index contributed by atoms with van der Waals surface area (Å²) in [5.74, 6) is 0.686. The van der Waals surface area contributed by atoms with Gasteiger partial charge in [-0.25, -0.2) is 9.37 Å². The Morgan fingerprint density at radius 3 is 2.75 bits per heavy atom. The van der Waals surface area contributed by atoms with Gasteiger partial charge >= 0.3 is 0 Å². The standard InChI is InChI=1S/C21H28FNO4S/c1-12(2)27-21-23-17-5-6-18(19(22)20(17)28-21)26-11-15-8-16(9-15)25-10-13(3)7-14(4)24/h5-6,12-13,15-16H,7-11H2,1-4H3/t13-,15?,16?/m1/s1. The zero-order valence-electron chi connectivity index (χ0n) is 16.9. The molecule has 3 rings (SSSR count). The quantitative estimate of drug-likeness (QED) is 0.552. The van der Waals surface area contributed by atoms with Crippen LogP contribution in [0, 0.1) is 17.7 Å². The van der Waals surface area contributed by atoms with E-state index < -0.39 is 0 Å². The Hall–Kier alpha value is -1.73. The molecule has 0 saturated heterocycles. The first kappa shape index (κ1) is 21.0. The maximum Gasteiger partial charge on any atom is 0.274 e. The number of Topliss-reactive ketones (excluding diaryl/α,β-unsaturated/α-hetero) is 1. The number of thiazole rings is 1. The minimum absolute atomic E-state index is 0.00132. The fraction of sp³-hybridized carbons (Fsp3) is 0.619. The Morgan fingerprint density at radius 1 is 1.32 bits per heavy atom.